The largest absolute Gasteiger partial charge is 0.390 e. The van der Waals surface area contributed by atoms with Crippen molar-refractivity contribution in [3.8, 4) is 0 Å². The molecule has 21 heterocycles. The van der Waals surface area contributed by atoms with Crippen LogP contribution in [0.2, 0.25) is 0 Å². The second-order valence-electron chi connectivity index (χ2n) is 24.1. The zero-order valence-electron chi connectivity index (χ0n) is 51.3. The number of carbonyl (C=O) groups is 7. The summed E-state index contributed by atoms with van der Waals surface area (Å²) in [5.74, 6) is -1.53. The summed E-state index contributed by atoms with van der Waals surface area (Å²) in [4.78, 5) is 85.2. The number of primary amides is 7. The minimum atomic E-state index is -2.36. The van der Waals surface area contributed by atoms with Crippen LogP contribution < -0.4 is 77.4 Å². The van der Waals surface area contributed by atoms with Gasteiger partial charge in [0.25, 0.3) is 0 Å². The van der Waals surface area contributed by atoms with Gasteiger partial charge in [0.1, 0.15) is 153 Å². The van der Waals surface area contributed by atoms with Crippen molar-refractivity contribution in [3.63, 3.8) is 0 Å². The number of nitrogens with two attached hydrogens (primary N) is 7. The van der Waals surface area contributed by atoms with E-state index in [1.807, 2.05) is 0 Å². The molecule has 5 unspecified atom stereocenters. The molecule has 14 bridgehead atoms. The van der Waals surface area contributed by atoms with Crippen molar-refractivity contribution >= 4 is 42.2 Å². The SMILES string of the molecule is NC(=O)NC[C@@H]1O[C@@H]2O[C@H]3[C@H](O)[C@@H](O)C(O[C@H]4[C@H](O)[C@@H](O)[C@@H](O[C@H]5[C@@H](O)[C@H](O)[C@@H](OC6[C@@H](O)[C@H](O)C(CC7[C@@H](O)[C@@H](O)[C@@H](OC8[C@@H](CNC(N)=O)O[C@H](O[C@H]1[C@H](O)[C@H]2O)[C@H](O)[C@H]8O)O[C@@H]7CNC(N)=O)O[C@@H]6CNC(N)=O)O[C@@H]5CNC(N)=O)O[C@@H]4CNC(N)=O)O[C@@H]3CNC(N)=O. The molecule has 0 radical (unpaired) electrons. The molecule has 0 aromatic heterocycles. The third-order valence-electron chi connectivity index (χ3n) is 17.4. The number of aliphatic hydroxyl groups is 14. The lowest BCUT2D eigenvalue weighted by Gasteiger charge is -2.50. The lowest BCUT2D eigenvalue weighted by atomic mass is 9.81. The highest BCUT2D eigenvalue weighted by Crippen LogP contribution is 2.40. The highest BCUT2D eigenvalue weighted by molar-refractivity contribution is 5.73. The van der Waals surface area contributed by atoms with Gasteiger partial charge in [0.2, 0.25) is 0 Å². The summed E-state index contributed by atoms with van der Waals surface area (Å²) < 4.78 is 77.9. The second-order valence-corrected chi connectivity index (χ2v) is 24.1. The van der Waals surface area contributed by atoms with Crippen LogP contribution in [0.3, 0.4) is 0 Å². The van der Waals surface area contributed by atoms with E-state index >= 15 is 0 Å². The Morgan fingerprint density at radius 1 is 0.235 bits per heavy atom. The van der Waals surface area contributed by atoms with E-state index < -0.39 is 309 Å². The molecular weight excluding hydrogens is 1340 g/mol. The van der Waals surface area contributed by atoms with Gasteiger partial charge in [-0.25, -0.2) is 33.6 Å². The second kappa shape index (κ2) is 33.5. The number of amides is 14. The first-order valence-electron chi connectivity index (χ1n) is 30.4. The Hall–Kier alpha value is -6.19. The lowest BCUT2D eigenvalue weighted by Crippen LogP contribution is -2.69. The van der Waals surface area contributed by atoms with Gasteiger partial charge in [-0.1, -0.05) is 0 Å². The van der Waals surface area contributed by atoms with E-state index in [1.54, 1.807) is 0 Å². The number of rotatable bonds is 14. The van der Waals surface area contributed by atoms with E-state index in [0.29, 0.717) is 0 Å². The lowest BCUT2D eigenvalue weighted by molar-refractivity contribution is -0.392. The molecule has 0 spiro atoms. The van der Waals surface area contributed by atoms with Gasteiger partial charge < -0.3 is 210 Å². The van der Waals surface area contributed by atoms with Crippen molar-refractivity contribution in [3.05, 3.63) is 0 Å². The normalized spacial score (nSPS) is 45.4. The minimum absolute atomic E-state index is 0.660. The van der Waals surface area contributed by atoms with Crippen LogP contribution in [0.25, 0.3) is 0 Å². The van der Waals surface area contributed by atoms with Crippen molar-refractivity contribution in [2.24, 2.45) is 46.1 Å². The van der Waals surface area contributed by atoms with E-state index in [-0.39, 0.29) is 0 Å². The predicted octanol–water partition coefficient (Wildman–Crippen LogP) is -16.8. The summed E-state index contributed by atoms with van der Waals surface area (Å²) in [5.41, 5.74) is 37.6. The summed E-state index contributed by atoms with van der Waals surface area (Å²) in [6.07, 6.45) is -71.9. The number of urea groups is 7. The molecule has 0 aromatic rings. The Morgan fingerprint density at radius 2 is 0.408 bits per heavy atom. The zero-order valence-corrected chi connectivity index (χ0v) is 51.3. The number of hydrogen-bond acceptors (Lipinski definition) is 34. The van der Waals surface area contributed by atoms with E-state index in [4.69, 9.17) is 102 Å². The fourth-order valence-corrected chi connectivity index (χ4v) is 12.5. The van der Waals surface area contributed by atoms with Crippen LogP contribution >= 0.6 is 0 Å². The van der Waals surface area contributed by atoms with Crippen molar-refractivity contribution < 1.29 is 167 Å². The minimum Gasteiger partial charge on any atom is -0.390 e. The molecule has 560 valence electrons. The van der Waals surface area contributed by atoms with Gasteiger partial charge in [-0.15, -0.1) is 0 Å². The summed E-state index contributed by atoms with van der Waals surface area (Å²) in [5, 5.41) is 181. The third kappa shape index (κ3) is 18.3. The monoisotopic (exact) mass is 1430 g/mol. The van der Waals surface area contributed by atoms with Crippen LogP contribution in [-0.2, 0) is 61.6 Å². The Bertz CT molecular complexity index is 2230. The molecule has 21 aliphatic rings. The first-order valence-corrected chi connectivity index (χ1v) is 30.4. The van der Waals surface area contributed by atoms with Gasteiger partial charge in [0.05, 0.1) is 18.3 Å². The Morgan fingerprint density at radius 3 is 0.622 bits per heavy atom. The smallest absolute Gasteiger partial charge is 0.312 e. The van der Waals surface area contributed by atoms with Crippen LogP contribution in [-0.4, -0.2) is 368 Å². The van der Waals surface area contributed by atoms with Crippen molar-refractivity contribution in [1.82, 2.24) is 37.2 Å². The summed E-state index contributed by atoms with van der Waals surface area (Å²) in [6.45, 7) is -5.22. The third-order valence-corrected chi connectivity index (χ3v) is 17.4. The maximum Gasteiger partial charge on any atom is 0.312 e. The first-order chi connectivity index (χ1) is 46.1. The summed E-state index contributed by atoms with van der Waals surface area (Å²) in [6, 6.07) is -8.48. The molecule has 48 heteroatoms. The van der Waals surface area contributed by atoms with Crippen molar-refractivity contribution in [1.29, 1.82) is 0 Å². The van der Waals surface area contributed by atoms with Gasteiger partial charge in [-0.2, -0.15) is 0 Å². The molecule has 21 fully saturated rings. The molecule has 35 atom stereocenters. The van der Waals surface area contributed by atoms with Crippen LogP contribution in [0.15, 0.2) is 0 Å². The molecule has 35 N–H and O–H groups in total. The fraction of sp³-hybridized carbons (Fsp3) is 0.860. The zero-order chi connectivity index (χ0) is 72.0. The number of aliphatic hydroxyl groups excluding tert-OH is 14. The maximum atomic E-state index is 12.2. The summed E-state index contributed by atoms with van der Waals surface area (Å²) in [7, 11) is 0. The van der Waals surface area contributed by atoms with Crippen LogP contribution in [0.1, 0.15) is 6.42 Å². The average molecular weight is 1430 g/mol. The van der Waals surface area contributed by atoms with Crippen LogP contribution in [0.4, 0.5) is 33.6 Å². The first kappa shape index (κ1) is 77.5. The summed E-state index contributed by atoms with van der Waals surface area (Å²) >= 11 is 0. The van der Waals surface area contributed by atoms with Crippen LogP contribution in [0, 0.1) is 5.92 Å². The van der Waals surface area contributed by atoms with Gasteiger partial charge >= 0.3 is 42.2 Å². The molecule has 21 aliphatic heterocycles. The molecule has 21 saturated heterocycles. The number of nitrogens with one attached hydrogen (secondary N) is 7. The fourth-order valence-electron chi connectivity index (χ4n) is 12.5. The highest BCUT2D eigenvalue weighted by Gasteiger charge is 2.60. The highest BCUT2D eigenvalue weighted by atomic mass is 16.8. The molecule has 0 aliphatic carbocycles. The molecule has 14 amide bonds. The van der Waals surface area contributed by atoms with Crippen LogP contribution in [0.5, 0.6) is 0 Å². The van der Waals surface area contributed by atoms with Gasteiger partial charge in [-0.05, 0) is 6.42 Å². The van der Waals surface area contributed by atoms with Gasteiger partial charge in [0, 0.05) is 51.7 Å². The molecular formula is C50H86N14O34. The predicted molar refractivity (Wildman–Crippen MR) is 305 cm³/mol. The average Bonchev–Trinajstić information content (AvgIpc) is 0.778. The maximum absolute atomic E-state index is 12.2. The quantitative estimate of drug-likeness (QED) is 0.0768. The Kier molecular flexibility index (Phi) is 26.5. The van der Waals surface area contributed by atoms with E-state index in [0.717, 1.165) is 0 Å². The number of hydrogen-bond donors (Lipinski definition) is 28. The number of ether oxygens (including phenoxy) is 13. The molecule has 0 aromatic carbocycles. The Labute approximate surface area is 552 Å². The topological polar surface area (TPSA) is 789 Å². The van der Waals surface area contributed by atoms with E-state index in [9.17, 15) is 105 Å². The van der Waals surface area contributed by atoms with E-state index in [1.165, 1.54) is 0 Å². The number of carbonyl (C=O) groups excluding carboxylic acids is 7. The molecule has 21 rings (SSSR count). The standard InChI is InChI=1S/C50H86N14O34/c51-44(79)58-2-11-9-1-10-19(66)20(67)32(12(86-10)3-59-45(52)80)93-39-27(74)22(69)34(14(88-39)5-61-47(54)82)95-41-29(76)24(71)36(16(90-41)7-63-49(56)84)97-43-31(78)25(72)37(17(92-43)8-64-50(57)85)98-42-30(77)23(70)35(15(91-42)6-62-48(55)83)96-40-28(75)21(68)33(13(89-40)4-60-46(53)81)94-38(87-11)26(73)18(9)65/h9-43,65-78H,1-8H2,(H3,51,58,79)(H3,52,59,80)(H3,53,60,81)(H3,54,61,82)(H3,55,62,83)(H3,56,63,84)(H3,57,64,85)/t9?,10?,11-,12-,13-,14-,15+,16-,17-,18-,19-,20+,21-,22+,23-,24-,25-,26-,27+,28-,29-,30-,31-,32?,33?,34-,35-,36-,37-,38-,39-,40-,41-,42-,43?/m1/s1. The molecule has 48 nitrogen and oxygen atoms in total. The van der Waals surface area contributed by atoms with E-state index in [2.05, 4.69) is 37.2 Å². The van der Waals surface area contributed by atoms with Crippen molar-refractivity contribution in [2.75, 3.05) is 45.8 Å². The molecule has 0 saturated carbocycles. The Balaban J connectivity index is 1.19. The van der Waals surface area contributed by atoms with Crippen molar-refractivity contribution in [2.45, 2.75) is 215 Å². The molecule has 98 heavy (non-hydrogen) atoms. The van der Waals surface area contributed by atoms with Gasteiger partial charge in [-0.3, -0.25) is 0 Å². The van der Waals surface area contributed by atoms with Gasteiger partial charge in [0.15, 0.2) is 37.7 Å².